The van der Waals surface area contributed by atoms with E-state index in [1.165, 1.54) is 6.07 Å². The van der Waals surface area contributed by atoms with Crippen LogP contribution in [0.5, 0.6) is 0 Å². The largest absolute Gasteiger partial charge is 0.339 e. The van der Waals surface area contributed by atoms with Gasteiger partial charge in [-0.25, -0.2) is 0 Å². The summed E-state index contributed by atoms with van der Waals surface area (Å²) >= 11 is 0. The molecular formula is C19H12N6O. The number of nitrogens with one attached hydrogen (secondary N) is 2. The first-order valence-corrected chi connectivity index (χ1v) is 7.61. The summed E-state index contributed by atoms with van der Waals surface area (Å²) in [6.45, 7) is 0. The van der Waals surface area contributed by atoms with Crippen LogP contribution in [0.15, 0.2) is 60.7 Å². The summed E-state index contributed by atoms with van der Waals surface area (Å²) in [6.07, 6.45) is 0. The normalized spacial score (nSPS) is 9.62. The van der Waals surface area contributed by atoms with Crippen LogP contribution in [0.1, 0.15) is 21.6 Å². The van der Waals surface area contributed by atoms with Crippen LogP contribution < -0.4 is 10.6 Å². The SMILES string of the molecule is N#Cc1cccc(Nc2ccc(C(=O)Nc3ccccc3C#N)nn2)c1. The van der Waals surface area contributed by atoms with Crippen LogP contribution in [0.3, 0.4) is 0 Å². The van der Waals surface area contributed by atoms with Gasteiger partial charge in [-0.2, -0.15) is 10.5 Å². The van der Waals surface area contributed by atoms with Crippen LogP contribution in [-0.2, 0) is 0 Å². The predicted molar refractivity (Wildman–Crippen MR) is 95.6 cm³/mol. The number of rotatable bonds is 4. The summed E-state index contributed by atoms with van der Waals surface area (Å²) in [5, 5.41) is 31.5. The topological polar surface area (TPSA) is 114 Å². The van der Waals surface area contributed by atoms with Crippen molar-refractivity contribution in [2.75, 3.05) is 10.6 Å². The van der Waals surface area contributed by atoms with Gasteiger partial charge in [-0.1, -0.05) is 18.2 Å². The highest BCUT2D eigenvalue weighted by Gasteiger charge is 2.11. The Morgan fingerprint density at radius 2 is 1.77 bits per heavy atom. The number of aromatic nitrogens is 2. The molecule has 1 amide bonds. The summed E-state index contributed by atoms with van der Waals surface area (Å²) in [7, 11) is 0. The number of hydrogen-bond donors (Lipinski definition) is 2. The molecule has 0 atom stereocenters. The van der Waals surface area contributed by atoms with Gasteiger partial charge in [0, 0.05) is 5.69 Å². The third kappa shape index (κ3) is 3.81. The van der Waals surface area contributed by atoms with E-state index in [1.807, 2.05) is 6.07 Å². The van der Waals surface area contributed by atoms with Gasteiger partial charge in [0.2, 0.25) is 0 Å². The van der Waals surface area contributed by atoms with Crippen molar-refractivity contribution in [2.24, 2.45) is 0 Å². The average molecular weight is 340 g/mol. The molecule has 2 aromatic carbocycles. The molecule has 0 aliphatic carbocycles. The molecule has 26 heavy (non-hydrogen) atoms. The van der Waals surface area contributed by atoms with Crippen molar-refractivity contribution >= 4 is 23.1 Å². The smallest absolute Gasteiger partial charge is 0.276 e. The molecule has 0 unspecified atom stereocenters. The fourth-order valence-electron chi connectivity index (χ4n) is 2.21. The van der Waals surface area contributed by atoms with Crippen molar-refractivity contribution < 1.29 is 4.79 Å². The Labute approximate surface area is 149 Å². The van der Waals surface area contributed by atoms with E-state index >= 15 is 0 Å². The molecule has 0 aliphatic rings. The molecule has 3 rings (SSSR count). The van der Waals surface area contributed by atoms with Crippen molar-refractivity contribution in [2.45, 2.75) is 0 Å². The van der Waals surface area contributed by atoms with Gasteiger partial charge in [0.1, 0.15) is 6.07 Å². The second-order valence-electron chi connectivity index (χ2n) is 5.23. The molecule has 0 saturated carbocycles. The highest BCUT2D eigenvalue weighted by molar-refractivity contribution is 6.03. The lowest BCUT2D eigenvalue weighted by Gasteiger charge is -2.07. The molecule has 7 heteroatoms. The van der Waals surface area contributed by atoms with Gasteiger partial charge >= 0.3 is 0 Å². The Hall–Kier alpha value is -4.23. The lowest BCUT2D eigenvalue weighted by Crippen LogP contribution is -2.15. The summed E-state index contributed by atoms with van der Waals surface area (Å²) in [4.78, 5) is 12.3. The maximum absolute atomic E-state index is 12.3. The number of nitriles is 2. The van der Waals surface area contributed by atoms with Gasteiger partial charge in [-0.05, 0) is 42.5 Å². The van der Waals surface area contributed by atoms with Crippen LogP contribution in [0.4, 0.5) is 17.2 Å². The number of benzene rings is 2. The van der Waals surface area contributed by atoms with Gasteiger partial charge in [-0.3, -0.25) is 4.79 Å². The molecule has 0 radical (unpaired) electrons. The second kappa shape index (κ2) is 7.56. The lowest BCUT2D eigenvalue weighted by atomic mass is 10.2. The van der Waals surface area contributed by atoms with Crippen LogP contribution in [0.25, 0.3) is 0 Å². The Bertz CT molecular complexity index is 1030. The van der Waals surface area contributed by atoms with Gasteiger partial charge in [0.05, 0.1) is 22.9 Å². The van der Waals surface area contributed by atoms with Crippen molar-refractivity contribution in [3.63, 3.8) is 0 Å². The molecule has 0 aliphatic heterocycles. The monoisotopic (exact) mass is 340 g/mol. The van der Waals surface area contributed by atoms with E-state index in [2.05, 4.69) is 26.9 Å². The molecule has 0 spiro atoms. The van der Waals surface area contributed by atoms with E-state index in [1.54, 1.807) is 54.6 Å². The van der Waals surface area contributed by atoms with E-state index in [0.29, 0.717) is 28.3 Å². The maximum atomic E-state index is 12.3. The highest BCUT2D eigenvalue weighted by Crippen LogP contribution is 2.17. The number of nitrogens with zero attached hydrogens (tertiary/aromatic N) is 4. The Morgan fingerprint density at radius 1 is 0.923 bits per heavy atom. The summed E-state index contributed by atoms with van der Waals surface area (Å²) < 4.78 is 0. The minimum Gasteiger partial charge on any atom is -0.339 e. The number of hydrogen-bond acceptors (Lipinski definition) is 6. The maximum Gasteiger partial charge on any atom is 0.276 e. The van der Waals surface area contributed by atoms with Crippen LogP contribution in [0, 0.1) is 22.7 Å². The van der Waals surface area contributed by atoms with Crippen molar-refractivity contribution in [1.29, 1.82) is 10.5 Å². The van der Waals surface area contributed by atoms with Crippen LogP contribution in [0.2, 0.25) is 0 Å². The molecule has 0 bridgehead atoms. The lowest BCUT2D eigenvalue weighted by molar-refractivity contribution is 0.102. The first-order valence-electron chi connectivity index (χ1n) is 7.61. The Morgan fingerprint density at radius 3 is 2.50 bits per heavy atom. The zero-order chi connectivity index (χ0) is 18.4. The number of para-hydroxylation sites is 1. The fourth-order valence-corrected chi connectivity index (χ4v) is 2.21. The van der Waals surface area contributed by atoms with Gasteiger partial charge in [0.15, 0.2) is 11.5 Å². The molecule has 1 aromatic heterocycles. The highest BCUT2D eigenvalue weighted by atomic mass is 16.1. The number of anilines is 3. The first-order chi connectivity index (χ1) is 12.7. The van der Waals surface area contributed by atoms with E-state index in [9.17, 15) is 4.79 Å². The van der Waals surface area contributed by atoms with Crippen LogP contribution in [-0.4, -0.2) is 16.1 Å². The Balaban J connectivity index is 1.72. The molecule has 2 N–H and O–H groups in total. The zero-order valence-electron chi connectivity index (χ0n) is 13.5. The molecule has 124 valence electrons. The third-order valence-corrected chi connectivity index (χ3v) is 3.46. The third-order valence-electron chi connectivity index (χ3n) is 3.46. The standard InChI is InChI=1S/C19H12N6O/c20-11-13-4-3-6-15(10-13)22-18-9-8-17(24-25-18)19(26)23-16-7-2-1-5-14(16)12-21/h1-10H,(H,22,25)(H,23,26). The summed E-state index contributed by atoms with van der Waals surface area (Å²) in [6, 6.07) is 20.8. The molecular weight excluding hydrogens is 328 g/mol. The minimum absolute atomic E-state index is 0.120. The van der Waals surface area contributed by atoms with Gasteiger partial charge in [-0.15, -0.1) is 10.2 Å². The Kier molecular flexibility index (Phi) is 4.83. The summed E-state index contributed by atoms with van der Waals surface area (Å²) in [5.41, 5.74) is 2.12. The van der Waals surface area contributed by atoms with Gasteiger partial charge < -0.3 is 10.6 Å². The molecule has 3 aromatic rings. The fraction of sp³-hybridized carbons (Fsp3) is 0. The minimum atomic E-state index is -0.460. The first kappa shape index (κ1) is 16.6. The molecule has 0 fully saturated rings. The molecule has 0 saturated heterocycles. The number of carbonyl (C=O) groups is 1. The molecule has 1 heterocycles. The van der Waals surface area contributed by atoms with E-state index < -0.39 is 5.91 Å². The number of carbonyl (C=O) groups excluding carboxylic acids is 1. The summed E-state index contributed by atoms with van der Waals surface area (Å²) in [5.74, 6) is -0.0210. The predicted octanol–water partition coefficient (Wildman–Crippen LogP) is 3.22. The van der Waals surface area contributed by atoms with E-state index in [0.717, 1.165) is 0 Å². The zero-order valence-corrected chi connectivity index (χ0v) is 13.5. The quantitative estimate of drug-likeness (QED) is 0.753. The van der Waals surface area contributed by atoms with Crippen molar-refractivity contribution in [3.05, 3.63) is 77.5 Å². The second-order valence-corrected chi connectivity index (χ2v) is 5.23. The molecule has 7 nitrogen and oxygen atoms in total. The van der Waals surface area contributed by atoms with Crippen molar-refractivity contribution in [1.82, 2.24) is 10.2 Å². The van der Waals surface area contributed by atoms with Gasteiger partial charge in [0.25, 0.3) is 5.91 Å². The van der Waals surface area contributed by atoms with Crippen molar-refractivity contribution in [3.8, 4) is 12.1 Å². The van der Waals surface area contributed by atoms with E-state index in [4.69, 9.17) is 10.5 Å². The average Bonchev–Trinajstić information content (AvgIpc) is 2.69. The van der Waals surface area contributed by atoms with E-state index in [-0.39, 0.29) is 5.69 Å². The van der Waals surface area contributed by atoms with Crippen LogP contribution >= 0.6 is 0 Å². The number of amides is 1.